The largest absolute Gasteiger partial charge is 0.493 e. The van der Waals surface area contributed by atoms with Crippen molar-refractivity contribution in [1.82, 2.24) is 4.98 Å². The maximum Gasteiger partial charge on any atom is 0.122 e. The highest BCUT2D eigenvalue weighted by Gasteiger charge is 2.01. The molecule has 0 saturated carbocycles. The molecule has 0 aliphatic heterocycles. The van der Waals surface area contributed by atoms with E-state index in [0.717, 1.165) is 29.0 Å². The van der Waals surface area contributed by atoms with E-state index in [1.807, 2.05) is 43.3 Å². The van der Waals surface area contributed by atoms with Gasteiger partial charge in [0, 0.05) is 24.9 Å². The maximum atomic E-state index is 5.79. The minimum Gasteiger partial charge on any atom is -0.493 e. The first-order chi connectivity index (χ1) is 8.79. The summed E-state index contributed by atoms with van der Waals surface area (Å²) in [6.45, 7) is 3.21. The Morgan fingerprint density at radius 1 is 1.22 bits per heavy atom. The first-order valence-electron chi connectivity index (χ1n) is 6.12. The molecule has 0 amide bonds. The van der Waals surface area contributed by atoms with Gasteiger partial charge in [0.25, 0.3) is 0 Å². The van der Waals surface area contributed by atoms with Crippen molar-refractivity contribution in [3.05, 3.63) is 59.4 Å². The molecule has 0 saturated heterocycles. The van der Waals surface area contributed by atoms with Crippen molar-refractivity contribution in [3.63, 3.8) is 0 Å². The minimum absolute atomic E-state index is 0.539. The number of benzene rings is 1. The Labute approximate surface area is 108 Å². The summed E-state index contributed by atoms with van der Waals surface area (Å²) < 4.78 is 5.79. The van der Waals surface area contributed by atoms with Gasteiger partial charge in [-0.25, -0.2) is 0 Å². The van der Waals surface area contributed by atoms with E-state index >= 15 is 0 Å². The number of aryl methyl sites for hydroxylation is 1. The Morgan fingerprint density at radius 2 is 2.11 bits per heavy atom. The fourth-order valence-corrected chi connectivity index (χ4v) is 1.74. The average molecular weight is 242 g/mol. The predicted molar refractivity (Wildman–Crippen MR) is 72.5 cm³/mol. The van der Waals surface area contributed by atoms with Gasteiger partial charge in [0.1, 0.15) is 5.75 Å². The zero-order valence-electron chi connectivity index (χ0n) is 10.6. The van der Waals surface area contributed by atoms with Crippen LogP contribution in [0.3, 0.4) is 0 Å². The van der Waals surface area contributed by atoms with Crippen molar-refractivity contribution in [3.8, 4) is 5.75 Å². The molecule has 2 N–H and O–H groups in total. The van der Waals surface area contributed by atoms with Gasteiger partial charge in [0.2, 0.25) is 0 Å². The maximum absolute atomic E-state index is 5.79. The van der Waals surface area contributed by atoms with Crippen LogP contribution in [0.4, 0.5) is 0 Å². The van der Waals surface area contributed by atoms with Gasteiger partial charge in [-0.05, 0) is 36.2 Å². The van der Waals surface area contributed by atoms with Crippen molar-refractivity contribution in [2.24, 2.45) is 5.73 Å². The predicted octanol–water partition coefficient (Wildman–Crippen LogP) is 2.47. The molecule has 0 bridgehead atoms. The lowest BCUT2D eigenvalue weighted by atomic mass is 10.1. The van der Waals surface area contributed by atoms with Gasteiger partial charge in [-0.15, -0.1) is 0 Å². The van der Waals surface area contributed by atoms with Crippen molar-refractivity contribution < 1.29 is 4.74 Å². The molecule has 1 heterocycles. The molecule has 94 valence electrons. The summed E-state index contributed by atoms with van der Waals surface area (Å²) in [5, 5.41) is 0. The molecule has 2 aromatic rings. The Morgan fingerprint density at radius 3 is 2.83 bits per heavy atom. The van der Waals surface area contributed by atoms with Crippen LogP contribution in [0, 0.1) is 6.92 Å². The van der Waals surface area contributed by atoms with Crippen LogP contribution in [0.25, 0.3) is 0 Å². The second-order valence-corrected chi connectivity index (χ2v) is 4.22. The minimum atomic E-state index is 0.539. The fraction of sp³-hybridized carbons (Fsp3) is 0.267. The van der Waals surface area contributed by atoms with E-state index in [9.17, 15) is 0 Å². The Hall–Kier alpha value is -1.87. The number of rotatable bonds is 5. The second-order valence-electron chi connectivity index (χ2n) is 4.22. The monoisotopic (exact) mass is 242 g/mol. The number of aromatic nitrogens is 1. The number of nitrogens with zero attached hydrogens (tertiary/aromatic N) is 1. The first kappa shape index (κ1) is 12.6. The van der Waals surface area contributed by atoms with E-state index < -0.39 is 0 Å². The molecule has 2 rings (SSSR count). The summed E-state index contributed by atoms with van der Waals surface area (Å²) in [5.74, 6) is 0.911. The van der Waals surface area contributed by atoms with E-state index in [2.05, 4.69) is 4.98 Å². The molecule has 3 nitrogen and oxygen atoms in total. The molecular weight excluding hydrogens is 224 g/mol. The van der Waals surface area contributed by atoms with Gasteiger partial charge < -0.3 is 10.5 Å². The number of hydrogen-bond acceptors (Lipinski definition) is 3. The van der Waals surface area contributed by atoms with E-state index in [1.54, 1.807) is 6.20 Å². The highest BCUT2D eigenvalue weighted by atomic mass is 16.5. The zero-order chi connectivity index (χ0) is 12.8. The summed E-state index contributed by atoms with van der Waals surface area (Å²) in [6, 6.07) is 12.0. The van der Waals surface area contributed by atoms with Crippen LogP contribution >= 0.6 is 0 Å². The smallest absolute Gasteiger partial charge is 0.122 e. The quantitative estimate of drug-likeness (QED) is 0.876. The van der Waals surface area contributed by atoms with Gasteiger partial charge in [-0.2, -0.15) is 0 Å². The van der Waals surface area contributed by atoms with Crippen molar-refractivity contribution >= 4 is 0 Å². The molecular formula is C15H18N2O. The van der Waals surface area contributed by atoms with E-state index in [-0.39, 0.29) is 0 Å². The van der Waals surface area contributed by atoms with Crippen LogP contribution in [0.5, 0.6) is 5.75 Å². The third-order valence-electron chi connectivity index (χ3n) is 2.83. The van der Waals surface area contributed by atoms with Gasteiger partial charge in [0.05, 0.1) is 6.61 Å². The lowest BCUT2D eigenvalue weighted by Gasteiger charge is -2.10. The van der Waals surface area contributed by atoms with Crippen molar-refractivity contribution in [2.45, 2.75) is 19.9 Å². The molecule has 0 radical (unpaired) electrons. The van der Waals surface area contributed by atoms with Crippen LogP contribution < -0.4 is 10.5 Å². The number of pyridine rings is 1. The third kappa shape index (κ3) is 3.31. The molecule has 1 aromatic heterocycles. The van der Waals surface area contributed by atoms with Crippen LogP contribution in [-0.2, 0) is 13.0 Å². The molecule has 0 unspecified atom stereocenters. The molecule has 0 aliphatic rings. The zero-order valence-corrected chi connectivity index (χ0v) is 10.6. The number of nitrogens with two attached hydrogens (primary N) is 1. The highest BCUT2D eigenvalue weighted by molar-refractivity contribution is 5.36. The molecule has 0 fully saturated rings. The Bertz CT molecular complexity index is 497. The highest BCUT2D eigenvalue weighted by Crippen LogP contribution is 2.19. The van der Waals surface area contributed by atoms with Gasteiger partial charge in [-0.1, -0.05) is 18.2 Å². The molecule has 0 spiro atoms. The SMILES string of the molecule is Cc1ccc(CN)cc1OCCc1ccccn1. The lowest BCUT2D eigenvalue weighted by molar-refractivity contribution is 0.318. The third-order valence-corrected chi connectivity index (χ3v) is 2.83. The summed E-state index contributed by atoms with van der Waals surface area (Å²) in [4.78, 5) is 4.27. The molecule has 3 heteroatoms. The standard InChI is InChI=1S/C15H18N2O/c1-12-5-6-13(11-16)10-15(12)18-9-7-14-4-2-3-8-17-14/h2-6,8,10H,7,9,11,16H2,1H3. The molecule has 18 heavy (non-hydrogen) atoms. The summed E-state index contributed by atoms with van der Waals surface area (Å²) in [7, 11) is 0. The van der Waals surface area contributed by atoms with Crippen LogP contribution in [0.2, 0.25) is 0 Å². The van der Waals surface area contributed by atoms with Crippen molar-refractivity contribution in [2.75, 3.05) is 6.61 Å². The summed E-state index contributed by atoms with van der Waals surface area (Å²) in [6.07, 6.45) is 2.61. The summed E-state index contributed by atoms with van der Waals surface area (Å²) in [5.41, 5.74) is 8.89. The molecule has 0 atom stereocenters. The van der Waals surface area contributed by atoms with Crippen molar-refractivity contribution in [1.29, 1.82) is 0 Å². The topological polar surface area (TPSA) is 48.1 Å². The van der Waals surface area contributed by atoms with E-state index in [0.29, 0.717) is 13.2 Å². The van der Waals surface area contributed by atoms with Gasteiger partial charge in [0.15, 0.2) is 0 Å². The lowest BCUT2D eigenvalue weighted by Crippen LogP contribution is -2.05. The Kier molecular flexibility index (Phi) is 4.31. The van der Waals surface area contributed by atoms with Crippen LogP contribution in [-0.4, -0.2) is 11.6 Å². The second kappa shape index (κ2) is 6.17. The average Bonchev–Trinajstić information content (AvgIpc) is 2.42. The van der Waals surface area contributed by atoms with Gasteiger partial charge >= 0.3 is 0 Å². The summed E-state index contributed by atoms with van der Waals surface area (Å²) >= 11 is 0. The Balaban J connectivity index is 1.94. The number of hydrogen-bond donors (Lipinski definition) is 1. The number of ether oxygens (including phenoxy) is 1. The molecule has 0 aliphatic carbocycles. The van der Waals surface area contributed by atoms with E-state index in [1.165, 1.54) is 0 Å². The van der Waals surface area contributed by atoms with Crippen LogP contribution in [0.1, 0.15) is 16.8 Å². The van der Waals surface area contributed by atoms with E-state index in [4.69, 9.17) is 10.5 Å². The fourth-order valence-electron chi connectivity index (χ4n) is 1.74. The normalized spacial score (nSPS) is 10.3. The molecule has 1 aromatic carbocycles. The van der Waals surface area contributed by atoms with Crippen LogP contribution in [0.15, 0.2) is 42.6 Å². The first-order valence-corrected chi connectivity index (χ1v) is 6.12. The van der Waals surface area contributed by atoms with Gasteiger partial charge in [-0.3, -0.25) is 4.98 Å².